The molecule has 1 heterocycles. The summed E-state index contributed by atoms with van der Waals surface area (Å²) in [5.74, 6) is 0.680. The molecule has 5 nitrogen and oxygen atoms in total. The highest BCUT2D eigenvalue weighted by Crippen LogP contribution is 2.19. The highest BCUT2D eigenvalue weighted by molar-refractivity contribution is 6.30. The molecular weight excluding hydrogens is 350 g/mol. The summed E-state index contributed by atoms with van der Waals surface area (Å²) in [6.45, 7) is 6.26. The van der Waals surface area contributed by atoms with Crippen molar-refractivity contribution < 1.29 is 9.32 Å². The molecule has 2 aromatic carbocycles. The van der Waals surface area contributed by atoms with Crippen LogP contribution in [0.3, 0.4) is 0 Å². The first-order valence-electron chi connectivity index (χ1n) is 8.12. The Morgan fingerprint density at radius 2 is 2.08 bits per heavy atom. The number of carbonyl (C=O) groups excluding carboxylic acids is 1. The van der Waals surface area contributed by atoms with Gasteiger partial charge in [0.25, 0.3) is 5.91 Å². The van der Waals surface area contributed by atoms with Gasteiger partial charge in [0.2, 0.25) is 11.7 Å². The topological polar surface area (TPSA) is 59.2 Å². The van der Waals surface area contributed by atoms with Crippen molar-refractivity contribution >= 4 is 17.5 Å². The van der Waals surface area contributed by atoms with Crippen LogP contribution in [0.25, 0.3) is 11.4 Å². The Bertz CT molecular complexity index is 936. The first-order valence-corrected chi connectivity index (χ1v) is 8.50. The molecule has 0 unspecified atom stereocenters. The monoisotopic (exact) mass is 367 g/mol. The average molecular weight is 368 g/mol. The summed E-state index contributed by atoms with van der Waals surface area (Å²) >= 11 is 5.98. The van der Waals surface area contributed by atoms with Gasteiger partial charge in [-0.3, -0.25) is 4.79 Å². The average Bonchev–Trinajstić information content (AvgIpc) is 3.09. The van der Waals surface area contributed by atoms with E-state index in [4.69, 9.17) is 16.1 Å². The van der Waals surface area contributed by atoms with Crippen molar-refractivity contribution in [3.05, 3.63) is 83.2 Å². The first kappa shape index (κ1) is 17.9. The fraction of sp³-hybridized carbons (Fsp3) is 0.150. The lowest BCUT2D eigenvalue weighted by atomic mass is 10.1. The van der Waals surface area contributed by atoms with Gasteiger partial charge in [-0.25, -0.2) is 0 Å². The molecule has 0 radical (unpaired) electrons. The normalized spacial score (nSPS) is 10.5. The van der Waals surface area contributed by atoms with Crippen LogP contribution in [0.2, 0.25) is 5.02 Å². The number of aryl methyl sites for hydroxylation is 1. The van der Waals surface area contributed by atoms with E-state index < -0.39 is 0 Å². The van der Waals surface area contributed by atoms with Crippen LogP contribution in [0.4, 0.5) is 0 Å². The molecule has 0 N–H and O–H groups in total. The lowest BCUT2D eigenvalue weighted by molar-refractivity contribution is 0.0745. The summed E-state index contributed by atoms with van der Waals surface area (Å²) in [4.78, 5) is 18.7. The Morgan fingerprint density at radius 3 is 2.81 bits per heavy atom. The predicted octanol–water partition coefficient (Wildman–Crippen LogP) is 4.53. The van der Waals surface area contributed by atoms with E-state index in [1.54, 1.807) is 35.2 Å². The molecule has 0 bridgehead atoms. The van der Waals surface area contributed by atoms with Crippen LogP contribution in [0, 0.1) is 6.92 Å². The Balaban J connectivity index is 1.80. The van der Waals surface area contributed by atoms with E-state index in [1.165, 1.54) is 0 Å². The summed E-state index contributed by atoms with van der Waals surface area (Å²) in [6.07, 6.45) is 1.65. The zero-order valence-electron chi connectivity index (χ0n) is 14.4. The van der Waals surface area contributed by atoms with Crippen molar-refractivity contribution in [3.8, 4) is 11.4 Å². The minimum absolute atomic E-state index is 0.178. The maximum atomic E-state index is 12.7. The standard InChI is InChI=1S/C20H18ClN3O2/c1-3-10-24(20(25)16-8-5-9-17(21)12-16)13-18-22-19(23-26-18)15-7-4-6-14(2)11-15/h3-9,11-12H,1,10,13H2,2H3. The van der Waals surface area contributed by atoms with E-state index in [1.807, 2.05) is 31.2 Å². The fourth-order valence-corrected chi connectivity index (χ4v) is 2.75. The summed E-state index contributed by atoms with van der Waals surface area (Å²) < 4.78 is 5.33. The van der Waals surface area contributed by atoms with Gasteiger partial charge in [0, 0.05) is 22.7 Å². The fourth-order valence-electron chi connectivity index (χ4n) is 2.56. The SMILES string of the molecule is C=CCN(Cc1nc(-c2cccc(C)c2)no1)C(=O)c1cccc(Cl)c1. The van der Waals surface area contributed by atoms with E-state index in [9.17, 15) is 4.79 Å². The van der Waals surface area contributed by atoms with Crippen LogP contribution >= 0.6 is 11.6 Å². The van der Waals surface area contributed by atoms with E-state index in [0.29, 0.717) is 28.8 Å². The zero-order valence-corrected chi connectivity index (χ0v) is 15.1. The molecule has 1 amide bonds. The number of hydrogen-bond acceptors (Lipinski definition) is 4. The van der Waals surface area contributed by atoms with Crippen molar-refractivity contribution in [1.82, 2.24) is 15.0 Å². The van der Waals surface area contributed by atoms with Gasteiger partial charge in [0.1, 0.15) is 6.54 Å². The molecule has 0 atom stereocenters. The minimum atomic E-state index is -0.178. The predicted molar refractivity (Wildman–Crippen MR) is 101 cm³/mol. The Kier molecular flexibility index (Phi) is 5.49. The molecule has 0 spiro atoms. The van der Waals surface area contributed by atoms with Crippen LogP contribution in [-0.2, 0) is 6.54 Å². The number of nitrogens with zero attached hydrogens (tertiary/aromatic N) is 3. The molecule has 3 aromatic rings. The molecule has 0 saturated carbocycles. The van der Waals surface area contributed by atoms with Crippen LogP contribution in [0.1, 0.15) is 21.8 Å². The number of hydrogen-bond donors (Lipinski definition) is 0. The number of aromatic nitrogens is 2. The van der Waals surface area contributed by atoms with Gasteiger partial charge in [-0.1, -0.05) is 52.7 Å². The largest absolute Gasteiger partial charge is 0.337 e. The smallest absolute Gasteiger partial charge is 0.254 e. The van der Waals surface area contributed by atoms with Crippen molar-refractivity contribution in [2.24, 2.45) is 0 Å². The first-order chi connectivity index (χ1) is 12.6. The molecular formula is C20H18ClN3O2. The summed E-state index contributed by atoms with van der Waals surface area (Å²) in [7, 11) is 0. The maximum absolute atomic E-state index is 12.7. The molecule has 132 valence electrons. The minimum Gasteiger partial charge on any atom is -0.337 e. The van der Waals surface area contributed by atoms with E-state index in [2.05, 4.69) is 16.7 Å². The second-order valence-electron chi connectivity index (χ2n) is 5.87. The maximum Gasteiger partial charge on any atom is 0.254 e. The Morgan fingerprint density at radius 1 is 1.27 bits per heavy atom. The van der Waals surface area contributed by atoms with Crippen LogP contribution in [0.5, 0.6) is 0 Å². The van der Waals surface area contributed by atoms with Crippen molar-refractivity contribution in [1.29, 1.82) is 0 Å². The number of benzene rings is 2. The van der Waals surface area contributed by atoms with Gasteiger partial charge in [-0.2, -0.15) is 4.98 Å². The van der Waals surface area contributed by atoms with E-state index in [-0.39, 0.29) is 12.5 Å². The third kappa shape index (κ3) is 4.18. The summed E-state index contributed by atoms with van der Waals surface area (Å²) in [5.41, 5.74) is 2.48. The van der Waals surface area contributed by atoms with Crippen molar-refractivity contribution in [2.45, 2.75) is 13.5 Å². The summed E-state index contributed by atoms with van der Waals surface area (Å²) in [6, 6.07) is 14.6. The second-order valence-corrected chi connectivity index (χ2v) is 6.30. The van der Waals surface area contributed by atoms with E-state index >= 15 is 0 Å². The molecule has 1 aromatic heterocycles. The van der Waals surface area contributed by atoms with E-state index in [0.717, 1.165) is 11.1 Å². The van der Waals surface area contributed by atoms with Crippen molar-refractivity contribution in [3.63, 3.8) is 0 Å². The Hall–Kier alpha value is -2.92. The molecule has 6 heteroatoms. The second kappa shape index (κ2) is 7.97. The number of carbonyl (C=O) groups is 1. The number of amides is 1. The Labute approximate surface area is 156 Å². The third-order valence-electron chi connectivity index (χ3n) is 3.78. The highest BCUT2D eigenvalue weighted by atomic mass is 35.5. The van der Waals surface area contributed by atoms with Gasteiger partial charge in [0.15, 0.2) is 0 Å². The zero-order chi connectivity index (χ0) is 18.5. The van der Waals surface area contributed by atoms with Gasteiger partial charge in [-0.15, -0.1) is 6.58 Å². The molecule has 0 saturated heterocycles. The highest BCUT2D eigenvalue weighted by Gasteiger charge is 2.19. The molecule has 26 heavy (non-hydrogen) atoms. The molecule has 0 aliphatic carbocycles. The summed E-state index contributed by atoms with van der Waals surface area (Å²) in [5, 5.41) is 4.52. The number of halogens is 1. The number of rotatable bonds is 6. The molecule has 0 aliphatic rings. The molecule has 0 fully saturated rings. The van der Waals surface area contributed by atoms with Crippen LogP contribution in [-0.4, -0.2) is 27.5 Å². The van der Waals surface area contributed by atoms with Gasteiger partial charge >= 0.3 is 0 Å². The van der Waals surface area contributed by atoms with Gasteiger partial charge < -0.3 is 9.42 Å². The molecule has 3 rings (SSSR count). The van der Waals surface area contributed by atoms with Crippen molar-refractivity contribution in [2.75, 3.05) is 6.54 Å². The third-order valence-corrected chi connectivity index (χ3v) is 4.01. The van der Waals surface area contributed by atoms with Gasteiger partial charge in [-0.05, 0) is 31.2 Å². The quantitative estimate of drug-likeness (QED) is 0.601. The van der Waals surface area contributed by atoms with Crippen LogP contribution in [0.15, 0.2) is 65.7 Å². The van der Waals surface area contributed by atoms with Crippen LogP contribution < -0.4 is 0 Å². The lowest BCUT2D eigenvalue weighted by Gasteiger charge is -2.19. The molecule has 0 aliphatic heterocycles. The lowest BCUT2D eigenvalue weighted by Crippen LogP contribution is -2.30. The van der Waals surface area contributed by atoms with Gasteiger partial charge in [0.05, 0.1) is 0 Å².